The maximum Gasteiger partial charge on any atom is 0.186 e. The molecule has 3 rings (SSSR count). The Morgan fingerprint density at radius 1 is 1.04 bits per heavy atom. The summed E-state index contributed by atoms with van der Waals surface area (Å²) in [5.41, 5.74) is 1.84. The molecule has 0 amide bonds. The van der Waals surface area contributed by atoms with Crippen molar-refractivity contribution in [1.82, 2.24) is 0 Å². The first-order valence-corrected chi connectivity index (χ1v) is 8.85. The van der Waals surface area contributed by atoms with Gasteiger partial charge in [0.15, 0.2) is 5.78 Å². The summed E-state index contributed by atoms with van der Waals surface area (Å²) in [6, 6.07) is 18.7. The van der Waals surface area contributed by atoms with Gasteiger partial charge in [-0.3, -0.25) is 4.79 Å². The molecule has 138 valence electrons. The van der Waals surface area contributed by atoms with Crippen LogP contribution in [0.25, 0.3) is 6.08 Å². The smallest absolute Gasteiger partial charge is 0.186 e. The van der Waals surface area contributed by atoms with Crippen molar-refractivity contribution in [2.24, 2.45) is 0 Å². The van der Waals surface area contributed by atoms with Crippen LogP contribution >= 0.6 is 0 Å². The molecule has 0 N–H and O–H groups in total. The maximum atomic E-state index is 12.2. The summed E-state index contributed by atoms with van der Waals surface area (Å²) in [6.07, 6.45) is 4.14. The molecule has 0 unspecified atom stereocenters. The number of hydrogen-bond acceptors (Lipinski definition) is 4. The van der Waals surface area contributed by atoms with Gasteiger partial charge in [-0.1, -0.05) is 31.2 Å². The third kappa shape index (κ3) is 5.11. The summed E-state index contributed by atoms with van der Waals surface area (Å²) in [5, 5.41) is 0. The minimum atomic E-state index is -0.112. The fourth-order valence-corrected chi connectivity index (χ4v) is 2.57. The molecule has 0 fully saturated rings. The number of hydrogen-bond donors (Lipinski definition) is 0. The molecule has 0 radical (unpaired) electrons. The predicted molar refractivity (Wildman–Crippen MR) is 105 cm³/mol. The minimum Gasteiger partial charge on any atom is -0.497 e. The summed E-state index contributed by atoms with van der Waals surface area (Å²) in [5.74, 6) is 2.64. The van der Waals surface area contributed by atoms with Crippen LogP contribution in [0, 0.1) is 0 Å². The molecule has 3 aromatic rings. The van der Waals surface area contributed by atoms with Crippen LogP contribution in [-0.2, 0) is 13.0 Å². The summed E-state index contributed by atoms with van der Waals surface area (Å²) >= 11 is 0. The number of benzene rings is 2. The summed E-state index contributed by atoms with van der Waals surface area (Å²) in [7, 11) is 1.57. The lowest BCUT2D eigenvalue weighted by Crippen LogP contribution is -1.95. The van der Waals surface area contributed by atoms with Crippen molar-refractivity contribution in [2.45, 2.75) is 20.0 Å². The molecular formula is C23H22O4. The van der Waals surface area contributed by atoms with Gasteiger partial charge in [0, 0.05) is 5.56 Å². The number of ketones is 1. The molecule has 4 nitrogen and oxygen atoms in total. The van der Waals surface area contributed by atoms with Crippen molar-refractivity contribution in [3.63, 3.8) is 0 Å². The Morgan fingerprint density at radius 2 is 1.85 bits per heavy atom. The Labute approximate surface area is 159 Å². The standard InChI is InChI=1S/C23H22O4/c1-3-17-7-9-19(10-8-17)26-16-22-12-11-20(27-22)13-14-23(24)18-5-4-6-21(15-18)25-2/h4-15H,3,16H2,1-2H3/b14-13+. The molecule has 0 atom stereocenters. The van der Waals surface area contributed by atoms with Crippen LogP contribution in [0.4, 0.5) is 0 Å². The highest BCUT2D eigenvalue weighted by molar-refractivity contribution is 6.06. The number of methoxy groups -OCH3 is 1. The molecule has 0 aliphatic carbocycles. The van der Waals surface area contributed by atoms with Gasteiger partial charge in [0.2, 0.25) is 0 Å². The lowest BCUT2D eigenvalue weighted by Gasteiger charge is -2.04. The van der Waals surface area contributed by atoms with Gasteiger partial charge >= 0.3 is 0 Å². The van der Waals surface area contributed by atoms with E-state index in [0.717, 1.165) is 12.2 Å². The first-order chi connectivity index (χ1) is 13.2. The zero-order chi connectivity index (χ0) is 19.1. The molecule has 0 aliphatic rings. The van der Waals surface area contributed by atoms with E-state index in [4.69, 9.17) is 13.9 Å². The summed E-state index contributed by atoms with van der Waals surface area (Å²) in [4.78, 5) is 12.2. The fraction of sp³-hybridized carbons (Fsp3) is 0.174. The highest BCUT2D eigenvalue weighted by Gasteiger charge is 2.05. The highest BCUT2D eigenvalue weighted by atomic mass is 16.5. The molecular weight excluding hydrogens is 340 g/mol. The van der Waals surface area contributed by atoms with Gasteiger partial charge in [0.05, 0.1) is 7.11 Å². The van der Waals surface area contributed by atoms with E-state index in [0.29, 0.717) is 29.4 Å². The SMILES string of the molecule is CCc1ccc(OCc2ccc(/C=C/C(=O)c3cccc(OC)c3)o2)cc1. The molecule has 1 heterocycles. The van der Waals surface area contributed by atoms with Crippen LogP contribution in [0.1, 0.15) is 34.4 Å². The molecule has 0 spiro atoms. The van der Waals surface area contributed by atoms with Crippen LogP contribution in [0.3, 0.4) is 0 Å². The zero-order valence-electron chi connectivity index (χ0n) is 15.5. The maximum absolute atomic E-state index is 12.2. The number of ether oxygens (including phenoxy) is 2. The molecule has 0 saturated carbocycles. The Hall–Kier alpha value is -3.27. The predicted octanol–water partition coefficient (Wildman–Crippen LogP) is 5.33. The van der Waals surface area contributed by atoms with E-state index >= 15 is 0 Å². The third-order valence-corrected chi connectivity index (χ3v) is 4.15. The Bertz CT molecular complexity index is 920. The monoisotopic (exact) mass is 362 g/mol. The van der Waals surface area contributed by atoms with Crippen molar-refractivity contribution in [2.75, 3.05) is 7.11 Å². The molecule has 0 bridgehead atoms. The topological polar surface area (TPSA) is 48.7 Å². The van der Waals surface area contributed by atoms with E-state index in [1.165, 1.54) is 11.6 Å². The number of carbonyl (C=O) groups is 1. The van der Waals surface area contributed by atoms with Gasteiger partial charge in [0.25, 0.3) is 0 Å². The minimum absolute atomic E-state index is 0.112. The average Bonchev–Trinajstić information content (AvgIpc) is 3.18. The third-order valence-electron chi connectivity index (χ3n) is 4.15. The number of furan rings is 1. The Balaban J connectivity index is 1.58. The largest absolute Gasteiger partial charge is 0.497 e. The van der Waals surface area contributed by atoms with Gasteiger partial charge in [0.1, 0.15) is 29.6 Å². The van der Waals surface area contributed by atoms with Crippen LogP contribution in [0.15, 0.2) is 71.2 Å². The van der Waals surface area contributed by atoms with Gasteiger partial charge < -0.3 is 13.9 Å². The molecule has 0 aliphatic heterocycles. The van der Waals surface area contributed by atoms with E-state index in [2.05, 4.69) is 19.1 Å². The number of carbonyl (C=O) groups excluding carboxylic acids is 1. The molecule has 27 heavy (non-hydrogen) atoms. The van der Waals surface area contributed by atoms with Crippen molar-refractivity contribution < 1.29 is 18.7 Å². The van der Waals surface area contributed by atoms with E-state index in [9.17, 15) is 4.79 Å². The van der Waals surface area contributed by atoms with Crippen molar-refractivity contribution in [3.8, 4) is 11.5 Å². The molecule has 1 aromatic heterocycles. The zero-order valence-corrected chi connectivity index (χ0v) is 15.5. The Kier molecular flexibility index (Phi) is 6.10. The summed E-state index contributed by atoms with van der Waals surface area (Å²) in [6.45, 7) is 2.45. The average molecular weight is 362 g/mol. The highest BCUT2D eigenvalue weighted by Crippen LogP contribution is 2.17. The van der Waals surface area contributed by atoms with Crippen molar-refractivity contribution >= 4 is 11.9 Å². The second kappa shape index (κ2) is 8.90. The molecule has 0 saturated heterocycles. The molecule has 2 aromatic carbocycles. The van der Waals surface area contributed by atoms with Crippen molar-refractivity contribution in [1.29, 1.82) is 0 Å². The van der Waals surface area contributed by atoms with Gasteiger partial charge in [-0.2, -0.15) is 0 Å². The second-order valence-electron chi connectivity index (χ2n) is 6.02. The lowest BCUT2D eigenvalue weighted by molar-refractivity contribution is 0.104. The second-order valence-corrected chi connectivity index (χ2v) is 6.02. The fourth-order valence-electron chi connectivity index (χ4n) is 2.57. The van der Waals surface area contributed by atoms with E-state index in [1.807, 2.05) is 24.3 Å². The van der Waals surface area contributed by atoms with Gasteiger partial charge in [-0.25, -0.2) is 0 Å². The van der Waals surface area contributed by atoms with E-state index in [-0.39, 0.29) is 5.78 Å². The van der Waals surface area contributed by atoms with Crippen LogP contribution in [0.5, 0.6) is 11.5 Å². The quantitative estimate of drug-likeness (QED) is 0.402. The van der Waals surface area contributed by atoms with Crippen molar-refractivity contribution in [3.05, 3.63) is 89.4 Å². The van der Waals surface area contributed by atoms with E-state index < -0.39 is 0 Å². The number of allylic oxidation sites excluding steroid dienone is 1. The molecule has 4 heteroatoms. The van der Waals surface area contributed by atoms with Gasteiger partial charge in [-0.05, 0) is 60.5 Å². The van der Waals surface area contributed by atoms with Crippen LogP contribution < -0.4 is 9.47 Å². The summed E-state index contributed by atoms with van der Waals surface area (Å²) < 4.78 is 16.6. The number of aryl methyl sites for hydroxylation is 1. The van der Waals surface area contributed by atoms with Crippen LogP contribution in [-0.4, -0.2) is 12.9 Å². The van der Waals surface area contributed by atoms with Crippen LogP contribution in [0.2, 0.25) is 0 Å². The lowest BCUT2D eigenvalue weighted by atomic mass is 10.1. The first kappa shape index (κ1) is 18.5. The first-order valence-electron chi connectivity index (χ1n) is 8.85. The van der Waals surface area contributed by atoms with Gasteiger partial charge in [-0.15, -0.1) is 0 Å². The number of rotatable bonds is 8. The Morgan fingerprint density at radius 3 is 2.59 bits per heavy atom. The normalized spacial score (nSPS) is 10.9. The van der Waals surface area contributed by atoms with E-state index in [1.54, 1.807) is 37.5 Å².